The first kappa shape index (κ1) is 22.5. The lowest BCUT2D eigenvalue weighted by molar-refractivity contribution is -0.895. The van der Waals surface area contributed by atoms with Crippen LogP contribution in [0.3, 0.4) is 0 Å². The Labute approximate surface area is 181 Å². The van der Waals surface area contributed by atoms with Gasteiger partial charge in [-0.2, -0.15) is 0 Å². The van der Waals surface area contributed by atoms with E-state index >= 15 is 0 Å². The highest BCUT2D eigenvalue weighted by Gasteiger charge is 2.19. The molecule has 0 fully saturated rings. The number of para-hydroxylation sites is 2. The molecule has 31 heavy (non-hydrogen) atoms. The van der Waals surface area contributed by atoms with E-state index in [4.69, 9.17) is 0 Å². The van der Waals surface area contributed by atoms with Crippen LogP contribution in [0.4, 0.5) is 14.9 Å². The molecule has 0 radical (unpaired) electrons. The van der Waals surface area contributed by atoms with Crippen LogP contribution in [0.15, 0.2) is 53.3 Å². The number of hydrogen-bond acceptors (Lipinski definition) is 2. The third-order valence-corrected chi connectivity index (χ3v) is 5.66. The Morgan fingerprint density at radius 1 is 1.13 bits per heavy atom. The first-order valence-corrected chi connectivity index (χ1v) is 10.7. The fourth-order valence-corrected chi connectivity index (χ4v) is 3.66. The average molecular weight is 426 g/mol. The molecule has 2 amide bonds. The van der Waals surface area contributed by atoms with Crippen LogP contribution in [0.1, 0.15) is 25.0 Å². The number of quaternary nitrogens is 1. The second-order valence-electron chi connectivity index (χ2n) is 7.70. The molecule has 0 aliphatic heterocycles. The summed E-state index contributed by atoms with van der Waals surface area (Å²) in [5.74, 6) is -0.496. The van der Waals surface area contributed by atoms with E-state index in [0.717, 1.165) is 36.1 Å². The minimum atomic E-state index is -0.496. The summed E-state index contributed by atoms with van der Waals surface area (Å²) < 4.78 is 14.0. The molecule has 0 saturated carbocycles. The van der Waals surface area contributed by atoms with Gasteiger partial charge < -0.3 is 20.1 Å². The number of aryl methyl sites for hydroxylation is 1. The van der Waals surface area contributed by atoms with Gasteiger partial charge in [-0.3, -0.25) is 4.79 Å². The van der Waals surface area contributed by atoms with E-state index in [9.17, 15) is 14.0 Å². The lowest BCUT2D eigenvalue weighted by atomic mass is 10.1. The van der Waals surface area contributed by atoms with Crippen molar-refractivity contribution in [1.29, 1.82) is 0 Å². The summed E-state index contributed by atoms with van der Waals surface area (Å²) in [5.41, 5.74) is 2.18. The van der Waals surface area contributed by atoms with E-state index in [1.807, 2.05) is 31.2 Å². The maximum Gasteiger partial charge on any atom is 0.322 e. The number of H-pyrrole nitrogens is 1. The quantitative estimate of drug-likeness (QED) is 0.519. The van der Waals surface area contributed by atoms with Crippen LogP contribution in [-0.4, -0.2) is 42.1 Å². The smallest absolute Gasteiger partial charge is 0.322 e. The third kappa shape index (κ3) is 5.49. The van der Waals surface area contributed by atoms with E-state index in [1.165, 1.54) is 17.0 Å². The molecule has 164 valence electrons. The van der Waals surface area contributed by atoms with E-state index in [-0.39, 0.29) is 17.8 Å². The number of benzene rings is 2. The summed E-state index contributed by atoms with van der Waals surface area (Å²) in [7, 11) is 0. The Balaban J connectivity index is 1.88. The van der Waals surface area contributed by atoms with Gasteiger partial charge in [0.05, 0.1) is 43.9 Å². The number of halogens is 1. The van der Waals surface area contributed by atoms with Crippen LogP contribution >= 0.6 is 0 Å². The maximum absolute atomic E-state index is 14.0. The van der Waals surface area contributed by atoms with E-state index in [2.05, 4.69) is 24.1 Å². The van der Waals surface area contributed by atoms with Crippen LogP contribution in [0, 0.1) is 12.7 Å². The predicted octanol–water partition coefficient (Wildman–Crippen LogP) is 2.93. The van der Waals surface area contributed by atoms with Gasteiger partial charge in [-0.15, -0.1) is 0 Å². The molecule has 7 heteroatoms. The van der Waals surface area contributed by atoms with Crippen LogP contribution in [-0.2, 0) is 6.54 Å². The number of rotatable bonds is 8. The van der Waals surface area contributed by atoms with Crippen molar-refractivity contribution >= 4 is 22.6 Å². The summed E-state index contributed by atoms with van der Waals surface area (Å²) in [6, 6.07) is 13.3. The van der Waals surface area contributed by atoms with E-state index in [0.29, 0.717) is 12.1 Å². The van der Waals surface area contributed by atoms with Crippen molar-refractivity contribution in [2.75, 3.05) is 31.5 Å². The van der Waals surface area contributed by atoms with Gasteiger partial charge in [0.2, 0.25) is 0 Å². The van der Waals surface area contributed by atoms with Crippen LogP contribution in [0.2, 0.25) is 0 Å². The molecule has 3 aromatic rings. The number of aromatic nitrogens is 1. The van der Waals surface area contributed by atoms with Crippen LogP contribution in [0.5, 0.6) is 0 Å². The summed E-state index contributed by atoms with van der Waals surface area (Å²) in [6.45, 7) is 9.34. The summed E-state index contributed by atoms with van der Waals surface area (Å²) in [4.78, 5) is 31.6. The molecule has 1 heterocycles. The number of carbonyl (C=O) groups is 1. The van der Waals surface area contributed by atoms with Gasteiger partial charge in [0, 0.05) is 5.56 Å². The summed E-state index contributed by atoms with van der Waals surface area (Å²) in [6.07, 6.45) is 0. The third-order valence-electron chi connectivity index (χ3n) is 5.66. The molecule has 2 aromatic carbocycles. The number of nitrogens with one attached hydrogen (secondary N) is 3. The number of urea groups is 1. The van der Waals surface area contributed by atoms with Crippen molar-refractivity contribution in [1.82, 2.24) is 9.88 Å². The Morgan fingerprint density at radius 2 is 1.87 bits per heavy atom. The molecule has 1 aromatic heterocycles. The maximum atomic E-state index is 14.0. The van der Waals surface area contributed by atoms with Crippen molar-refractivity contribution < 1.29 is 14.1 Å². The molecule has 0 aliphatic carbocycles. The van der Waals surface area contributed by atoms with Gasteiger partial charge >= 0.3 is 6.03 Å². The van der Waals surface area contributed by atoms with Gasteiger partial charge in [-0.05, 0) is 49.9 Å². The zero-order valence-corrected chi connectivity index (χ0v) is 18.3. The van der Waals surface area contributed by atoms with Crippen molar-refractivity contribution in [3.8, 4) is 0 Å². The van der Waals surface area contributed by atoms with Crippen molar-refractivity contribution in [3.63, 3.8) is 0 Å². The largest absolute Gasteiger partial charge is 0.334 e. The summed E-state index contributed by atoms with van der Waals surface area (Å²) in [5, 5.41) is 3.56. The number of anilines is 1. The highest BCUT2D eigenvalue weighted by atomic mass is 19.1. The number of likely N-dealkylation sites (N-methyl/N-ethyl adjacent to an activating group) is 1. The molecule has 3 N–H and O–H groups in total. The Hall–Kier alpha value is -3.19. The van der Waals surface area contributed by atoms with Gasteiger partial charge in [-0.1, -0.05) is 30.3 Å². The number of amides is 2. The van der Waals surface area contributed by atoms with E-state index in [1.54, 1.807) is 17.0 Å². The minimum Gasteiger partial charge on any atom is -0.334 e. The van der Waals surface area contributed by atoms with Gasteiger partial charge in [0.25, 0.3) is 5.56 Å². The Bertz CT molecular complexity index is 1110. The Morgan fingerprint density at radius 3 is 2.58 bits per heavy atom. The molecule has 0 aliphatic rings. The zero-order chi connectivity index (χ0) is 22.4. The number of aromatic amines is 1. The molecular formula is C24H30FN4O2+. The standard InChI is InChI=1S/C24H29FN4O2/c1-4-28(5-2)13-14-29(24(31)26-21-12-7-6-11-20(21)25)16-19-15-18-10-8-9-17(3)22(18)27-23(19)30/h6-12,15H,4-5,13-14,16H2,1-3H3,(H,26,31)(H,27,30)/p+1. The fourth-order valence-electron chi connectivity index (χ4n) is 3.66. The average Bonchev–Trinajstić information content (AvgIpc) is 2.76. The first-order chi connectivity index (χ1) is 14.9. The van der Waals surface area contributed by atoms with E-state index < -0.39 is 11.8 Å². The first-order valence-electron chi connectivity index (χ1n) is 10.7. The van der Waals surface area contributed by atoms with Gasteiger partial charge in [0.1, 0.15) is 5.82 Å². The van der Waals surface area contributed by atoms with Gasteiger partial charge in [0.15, 0.2) is 0 Å². The van der Waals surface area contributed by atoms with Crippen molar-refractivity contribution in [2.24, 2.45) is 0 Å². The lowest BCUT2D eigenvalue weighted by Gasteiger charge is -2.25. The number of fused-ring (bicyclic) bond motifs is 1. The summed E-state index contributed by atoms with van der Waals surface area (Å²) >= 11 is 0. The SMILES string of the molecule is CC[NH+](CC)CCN(Cc1cc2cccc(C)c2[nH]c1=O)C(=O)Nc1ccccc1F. The zero-order valence-electron chi connectivity index (χ0n) is 18.3. The topological polar surface area (TPSA) is 69.6 Å². The number of nitrogens with zero attached hydrogens (tertiary/aromatic N) is 1. The lowest BCUT2D eigenvalue weighted by Crippen LogP contribution is -3.12. The molecule has 0 bridgehead atoms. The van der Waals surface area contributed by atoms with Crippen LogP contribution < -0.4 is 15.8 Å². The highest BCUT2D eigenvalue weighted by molar-refractivity contribution is 5.89. The molecular weight excluding hydrogens is 395 g/mol. The van der Waals surface area contributed by atoms with Crippen molar-refractivity contribution in [2.45, 2.75) is 27.3 Å². The molecule has 0 atom stereocenters. The number of carbonyl (C=O) groups excluding carboxylic acids is 1. The number of pyridine rings is 1. The Kier molecular flexibility index (Phi) is 7.41. The minimum absolute atomic E-state index is 0.121. The predicted molar refractivity (Wildman–Crippen MR) is 122 cm³/mol. The molecule has 3 rings (SSSR count). The molecule has 6 nitrogen and oxygen atoms in total. The number of hydrogen-bond donors (Lipinski definition) is 3. The molecule has 0 saturated heterocycles. The molecule has 0 unspecified atom stereocenters. The van der Waals surface area contributed by atoms with Crippen molar-refractivity contribution in [3.05, 3.63) is 75.8 Å². The van der Waals surface area contributed by atoms with Crippen LogP contribution in [0.25, 0.3) is 10.9 Å². The normalized spacial score (nSPS) is 11.1. The monoisotopic (exact) mass is 425 g/mol. The second-order valence-corrected chi connectivity index (χ2v) is 7.70. The van der Waals surface area contributed by atoms with Gasteiger partial charge in [-0.25, -0.2) is 9.18 Å². The second kappa shape index (κ2) is 10.2. The fraction of sp³-hybridized carbons (Fsp3) is 0.333. The molecule has 0 spiro atoms. The highest BCUT2D eigenvalue weighted by Crippen LogP contribution is 2.17.